The summed E-state index contributed by atoms with van der Waals surface area (Å²) in [5.74, 6) is 0.694. The average Bonchev–Trinajstić information content (AvgIpc) is 2.83. The molecule has 17 heavy (non-hydrogen) atoms. The number of hydrogen-bond donors (Lipinski definition) is 1. The van der Waals surface area contributed by atoms with Gasteiger partial charge in [-0.25, -0.2) is 0 Å². The number of hydrogen-bond acceptors (Lipinski definition) is 1. The number of nitrogens with one attached hydrogen (secondary N) is 1. The van der Waals surface area contributed by atoms with Crippen molar-refractivity contribution in [3.63, 3.8) is 0 Å². The van der Waals surface area contributed by atoms with E-state index in [9.17, 15) is 0 Å². The molecule has 0 spiro atoms. The molecule has 0 aliphatic heterocycles. The molecule has 2 aromatic rings. The number of H-pyrrole nitrogens is 1. The van der Waals surface area contributed by atoms with E-state index in [-0.39, 0.29) is 0 Å². The molecule has 3 rings (SSSR count). The second kappa shape index (κ2) is 4.14. The topological polar surface area (TPSA) is 20.7 Å². The van der Waals surface area contributed by atoms with Crippen molar-refractivity contribution in [1.29, 1.82) is 0 Å². The zero-order chi connectivity index (χ0) is 12.0. The Labute approximate surface area is 111 Å². The maximum Gasteiger partial charge on any atom is 0.178 e. The lowest BCUT2D eigenvalue weighted by Gasteiger charge is -2.18. The molecule has 90 valence electrons. The van der Waals surface area contributed by atoms with Crippen LogP contribution in [-0.4, -0.2) is 9.55 Å². The third-order valence-electron chi connectivity index (χ3n) is 3.85. The highest BCUT2D eigenvalue weighted by Gasteiger charge is 2.26. The van der Waals surface area contributed by atoms with Crippen LogP contribution < -0.4 is 0 Å². The summed E-state index contributed by atoms with van der Waals surface area (Å²) in [4.78, 5) is 3.24. The number of benzene rings is 1. The minimum absolute atomic E-state index is 0.523. The first kappa shape index (κ1) is 11.3. The molecule has 0 bridgehead atoms. The zero-order valence-electron chi connectivity index (χ0n) is 9.74. The van der Waals surface area contributed by atoms with Gasteiger partial charge in [0.25, 0.3) is 0 Å². The van der Waals surface area contributed by atoms with Gasteiger partial charge in [-0.1, -0.05) is 31.0 Å². The van der Waals surface area contributed by atoms with Crippen LogP contribution in [0.2, 0.25) is 5.02 Å². The van der Waals surface area contributed by atoms with Gasteiger partial charge in [0.05, 0.1) is 16.1 Å². The number of imidazole rings is 1. The molecule has 1 aliphatic carbocycles. The molecule has 0 saturated heterocycles. The lowest BCUT2D eigenvalue weighted by atomic mass is 10.1. The molecule has 4 heteroatoms. The van der Waals surface area contributed by atoms with E-state index >= 15 is 0 Å². The average molecular weight is 267 g/mol. The Morgan fingerprint density at radius 3 is 2.94 bits per heavy atom. The summed E-state index contributed by atoms with van der Waals surface area (Å²) in [6.07, 6.45) is 3.80. The summed E-state index contributed by atoms with van der Waals surface area (Å²) in [5, 5.41) is 0.748. The van der Waals surface area contributed by atoms with E-state index in [0.29, 0.717) is 12.0 Å². The van der Waals surface area contributed by atoms with Crippen molar-refractivity contribution < 1.29 is 0 Å². The predicted octanol–water partition coefficient (Wildman–Crippen LogP) is 4.71. The standard InChI is InChI=1S/C13H15ClN2S/c1-8-4-2-6-10(8)16-11-7-3-5-9(14)12(11)15-13(16)17/h3,5,7-8,10H,2,4,6H2,1H3,(H,15,17). The number of para-hydroxylation sites is 1. The van der Waals surface area contributed by atoms with Gasteiger partial charge < -0.3 is 9.55 Å². The molecule has 1 N–H and O–H groups in total. The zero-order valence-corrected chi connectivity index (χ0v) is 11.3. The summed E-state index contributed by atoms with van der Waals surface area (Å²) in [5.41, 5.74) is 2.11. The van der Waals surface area contributed by atoms with Crippen LogP contribution >= 0.6 is 23.8 Å². The number of halogens is 1. The van der Waals surface area contributed by atoms with Gasteiger partial charge in [0.1, 0.15) is 0 Å². The first-order chi connectivity index (χ1) is 8.18. The Bertz CT molecular complexity index is 613. The van der Waals surface area contributed by atoms with E-state index in [1.165, 1.54) is 19.3 Å². The highest BCUT2D eigenvalue weighted by molar-refractivity contribution is 7.71. The molecule has 2 atom stereocenters. The molecular weight excluding hydrogens is 252 g/mol. The third-order valence-corrected chi connectivity index (χ3v) is 4.46. The van der Waals surface area contributed by atoms with Crippen LogP contribution in [-0.2, 0) is 0 Å². The molecular formula is C13H15ClN2S. The Hall–Kier alpha value is -0.800. The first-order valence-corrected chi connectivity index (χ1v) is 6.86. The van der Waals surface area contributed by atoms with Gasteiger partial charge in [-0.2, -0.15) is 0 Å². The van der Waals surface area contributed by atoms with Crippen LogP contribution in [0, 0.1) is 10.7 Å². The maximum absolute atomic E-state index is 6.19. The number of aromatic amines is 1. The lowest BCUT2D eigenvalue weighted by molar-refractivity contribution is 0.413. The summed E-state index contributed by atoms with van der Waals surface area (Å²) in [6.45, 7) is 2.31. The third kappa shape index (κ3) is 1.72. The number of fused-ring (bicyclic) bond motifs is 1. The van der Waals surface area contributed by atoms with E-state index in [0.717, 1.165) is 20.8 Å². The molecule has 0 radical (unpaired) electrons. The summed E-state index contributed by atoms with van der Waals surface area (Å²) in [7, 11) is 0. The fraction of sp³-hybridized carbons (Fsp3) is 0.462. The molecule has 1 fully saturated rings. The number of rotatable bonds is 1. The largest absolute Gasteiger partial charge is 0.329 e. The highest BCUT2D eigenvalue weighted by atomic mass is 35.5. The smallest absolute Gasteiger partial charge is 0.178 e. The van der Waals surface area contributed by atoms with Crippen LogP contribution in [0.5, 0.6) is 0 Å². The second-order valence-corrected chi connectivity index (χ2v) is 5.70. The first-order valence-electron chi connectivity index (χ1n) is 6.07. The van der Waals surface area contributed by atoms with Gasteiger partial charge in [0.15, 0.2) is 4.77 Å². The van der Waals surface area contributed by atoms with Crippen molar-refractivity contribution in [2.45, 2.75) is 32.2 Å². The van der Waals surface area contributed by atoms with E-state index < -0.39 is 0 Å². The van der Waals surface area contributed by atoms with E-state index in [4.69, 9.17) is 23.8 Å². The summed E-state index contributed by atoms with van der Waals surface area (Å²) < 4.78 is 3.06. The molecule has 1 aromatic heterocycles. The van der Waals surface area contributed by atoms with Crippen molar-refractivity contribution >= 4 is 34.9 Å². The summed E-state index contributed by atoms with van der Waals surface area (Å²) in [6, 6.07) is 6.51. The van der Waals surface area contributed by atoms with Crippen molar-refractivity contribution in [2.75, 3.05) is 0 Å². The molecule has 1 saturated carbocycles. The quantitative estimate of drug-likeness (QED) is 0.741. The minimum atomic E-state index is 0.523. The van der Waals surface area contributed by atoms with Crippen LogP contribution in [0.3, 0.4) is 0 Å². The van der Waals surface area contributed by atoms with Crippen molar-refractivity contribution in [3.8, 4) is 0 Å². The maximum atomic E-state index is 6.19. The van der Waals surface area contributed by atoms with Gasteiger partial charge in [-0.05, 0) is 43.1 Å². The van der Waals surface area contributed by atoms with E-state index in [2.05, 4.69) is 22.5 Å². The van der Waals surface area contributed by atoms with Crippen LogP contribution in [0.4, 0.5) is 0 Å². The molecule has 1 aromatic carbocycles. The molecule has 2 unspecified atom stereocenters. The Morgan fingerprint density at radius 2 is 2.24 bits per heavy atom. The number of nitrogens with zero attached hydrogens (tertiary/aromatic N) is 1. The van der Waals surface area contributed by atoms with Gasteiger partial charge in [0, 0.05) is 6.04 Å². The summed E-state index contributed by atoms with van der Waals surface area (Å²) >= 11 is 11.6. The number of aromatic nitrogens is 2. The normalized spacial score (nSPS) is 24.6. The minimum Gasteiger partial charge on any atom is -0.329 e. The van der Waals surface area contributed by atoms with Crippen molar-refractivity contribution in [2.24, 2.45) is 5.92 Å². The van der Waals surface area contributed by atoms with Gasteiger partial charge in [-0.15, -0.1) is 0 Å². The molecule has 1 aliphatic rings. The fourth-order valence-corrected chi connectivity index (χ4v) is 3.51. The van der Waals surface area contributed by atoms with E-state index in [1.807, 2.05) is 12.1 Å². The van der Waals surface area contributed by atoms with Crippen LogP contribution in [0.25, 0.3) is 11.0 Å². The molecule has 0 amide bonds. The van der Waals surface area contributed by atoms with Gasteiger partial charge in [0.2, 0.25) is 0 Å². The highest BCUT2D eigenvalue weighted by Crippen LogP contribution is 2.38. The second-order valence-electron chi connectivity index (χ2n) is 4.91. The van der Waals surface area contributed by atoms with Crippen LogP contribution in [0.15, 0.2) is 18.2 Å². The van der Waals surface area contributed by atoms with Gasteiger partial charge in [-0.3, -0.25) is 0 Å². The predicted molar refractivity (Wildman–Crippen MR) is 74.2 cm³/mol. The SMILES string of the molecule is CC1CCCC1n1c(=S)[nH]c2c(Cl)cccc21. The van der Waals surface area contributed by atoms with Crippen molar-refractivity contribution in [1.82, 2.24) is 9.55 Å². The van der Waals surface area contributed by atoms with E-state index in [1.54, 1.807) is 0 Å². The Kier molecular flexibility index (Phi) is 2.75. The van der Waals surface area contributed by atoms with Crippen molar-refractivity contribution in [3.05, 3.63) is 28.0 Å². The van der Waals surface area contributed by atoms with Gasteiger partial charge >= 0.3 is 0 Å². The Balaban J connectivity index is 2.25. The fourth-order valence-electron chi connectivity index (χ4n) is 2.95. The molecule has 2 nitrogen and oxygen atoms in total. The van der Waals surface area contributed by atoms with Crippen LogP contribution in [0.1, 0.15) is 32.2 Å². The molecule has 1 heterocycles. The Morgan fingerprint density at radius 1 is 1.41 bits per heavy atom. The monoisotopic (exact) mass is 266 g/mol. The lowest BCUT2D eigenvalue weighted by Crippen LogP contribution is -2.11.